The zero-order valence-electron chi connectivity index (χ0n) is 24.8. The van der Waals surface area contributed by atoms with Gasteiger partial charge in [-0.05, 0) is 110 Å². The number of aliphatic hydroxyl groups is 1. The number of aliphatic hydroxyl groups excluding tert-OH is 1. The van der Waals surface area contributed by atoms with Crippen LogP contribution in [-0.2, 0) is 16.0 Å². The molecule has 3 aliphatic carbocycles. The van der Waals surface area contributed by atoms with Gasteiger partial charge in [-0.2, -0.15) is 5.10 Å². The van der Waals surface area contributed by atoms with E-state index < -0.39 is 28.6 Å². The van der Waals surface area contributed by atoms with Crippen molar-refractivity contribution in [2.24, 2.45) is 23.2 Å². The molecule has 1 aromatic carbocycles. The second-order valence-corrected chi connectivity index (χ2v) is 12.7. The standard InChI is InChI=1S/C33H37N3O8/c1-3-33(31(39)40,44-30(38)28-5-4-16-43-28)15-14-20-6-13-27(37)29-25(20)12-7-22-17-26-21(18-32(22,29)2)19-34-35(26)23-8-10-24(11-9-23)36(41)42/h4-5,8-11,16-17,19-20,25,27,29,37H,3,6-7,12-15,18H2,1-2H3,(H,39,40)/t20?,25?,27-,29?,32?,33-/m0/s1. The number of carbonyl (C=O) groups excluding carboxylic acids is 1. The predicted octanol–water partition coefficient (Wildman–Crippen LogP) is 5.99. The Kier molecular flexibility index (Phi) is 7.69. The van der Waals surface area contributed by atoms with Gasteiger partial charge in [-0.1, -0.05) is 19.4 Å². The van der Waals surface area contributed by atoms with Crippen LogP contribution >= 0.6 is 0 Å². The molecule has 0 radical (unpaired) electrons. The number of carboxylic acid groups (broad SMARTS) is 1. The van der Waals surface area contributed by atoms with Crippen LogP contribution in [0, 0.1) is 33.3 Å². The summed E-state index contributed by atoms with van der Waals surface area (Å²) >= 11 is 0. The molecule has 44 heavy (non-hydrogen) atoms. The summed E-state index contributed by atoms with van der Waals surface area (Å²) in [5, 5.41) is 37.4. The number of benzene rings is 1. The first-order chi connectivity index (χ1) is 21.1. The molecule has 2 heterocycles. The number of esters is 1. The maximum absolute atomic E-state index is 12.7. The number of nitro groups is 1. The lowest BCUT2D eigenvalue weighted by atomic mass is 9.50. The fourth-order valence-corrected chi connectivity index (χ4v) is 8.12. The molecule has 2 fully saturated rings. The van der Waals surface area contributed by atoms with E-state index in [0.29, 0.717) is 19.3 Å². The normalized spacial score (nSPS) is 27.2. The number of nitro benzene ring substituents is 1. The van der Waals surface area contributed by atoms with E-state index in [1.807, 2.05) is 10.9 Å². The summed E-state index contributed by atoms with van der Waals surface area (Å²) in [6.45, 7) is 3.94. The van der Waals surface area contributed by atoms with Gasteiger partial charge in [0, 0.05) is 12.1 Å². The first kappa shape index (κ1) is 29.8. The first-order valence-electron chi connectivity index (χ1n) is 15.3. The number of carbonyl (C=O) groups is 2. The molecule has 0 bridgehead atoms. The number of allylic oxidation sites excluding steroid dienone is 1. The molecule has 11 nitrogen and oxygen atoms in total. The summed E-state index contributed by atoms with van der Waals surface area (Å²) in [5.74, 6) is -1.63. The van der Waals surface area contributed by atoms with Crippen LogP contribution in [0.1, 0.15) is 80.6 Å². The molecular formula is C33H37N3O8. The molecule has 6 atom stereocenters. The molecule has 0 amide bonds. The van der Waals surface area contributed by atoms with E-state index in [-0.39, 0.29) is 47.5 Å². The van der Waals surface area contributed by atoms with E-state index >= 15 is 0 Å². The van der Waals surface area contributed by atoms with Crippen molar-refractivity contribution in [3.63, 3.8) is 0 Å². The molecule has 6 rings (SSSR count). The number of furan rings is 1. The first-order valence-corrected chi connectivity index (χ1v) is 15.3. The molecular weight excluding hydrogens is 566 g/mol. The Hall–Kier alpha value is -4.25. The Morgan fingerprint density at radius 3 is 2.66 bits per heavy atom. The minimum absolute atomic E-state index is 0.0105. The number of rotatable bonds is 9. The van der Waals surface area contributed by atoms with Gasteiger partial charge >= 0.3 is 11.9 Å². The van der Waals surface area contributed by atoms with Gasteiger partial charge in [0.25, 0.3) is 5.69 Å². The number of nitrogens with zero attached hydrogens (tertiary/aromatic N) is 3. The molecule has 0 aliphatic heterocycles. The third-order valence-corrected chi connectivity index (χ3v) is 10.5. The Morgan fingerprint density at radius 2 is 2.00 bits per heavy atom. The summed E-state index contributed by atoms with van der Waals surface area (Å²) in [5.41, 5.74) is 2.09. The number of aliphatic carboxylic acids is 1. The number of hydrogen-bond acceptors (Lipinski definition) is 8. The van der Waals surface area contributed by atoms with Gasteiger partial charge in [-0.3, -0.25) is 10.1 Å². The van der Waals surface area contributed by atoms with E-state index in [0.717, 1.165) is 36.2 Å². The van der Waals surface area contributed by atoms with Gasteiger partial charge in [0.1, 0.15) is 0 Å². The average Bonchev–Trinajstić information content (AvgIpc) is 3.69. The number of carboxylic acids is 1. The zero-order valence-corrected chi connectivity index (χ0v) is 24.8. The van der Waals surface area contributed by atoms with Gasteiger partial charge < -0.3 is 19.4 Å². The summed E-state index contributed by atoms with van der Waals surface area (Å²) < 4.78 is 12.6. The highest BCUT2D eigenvalue weighted by molar-refractivity contribution is 5.90. The number of non-ortho nitro benzene ring substituents is 1. The van der Waals surface area contributed by atoms with Crippen molar-refractivity contribution in [1.29, 1.82) is 0 Å². The SMILES string of the molecule is CC[C@@](CCC1CC[C@H](O)C2C1CCC1=Cc3c(cnn3-c3ccc([N+](=O)[O-])cc3)CC12C)(OC(=O)c1ccco1)C(=O)O. The fourth-order valence-electron chi connectivity index (χ4n) is 8.12. The highest BCUT2D eigenvalue weighted by Gasteiger charge is 2.54. The van der Waals surface area contributed by atoms with E-state index in [4.69, 9.17) is 9.15 Å². The number of aromatic nitrogens is 2. The summed E-state index contributed by atoms with van der Waals surface area (Å²) in [6.07, 6.45) is 9.60. The van der Waals surface area contributed by atoms with Crippen molar-refractivity contribution in [1.82, 2.24) is 9.78 Å². The predicted molar refractivity (Wildman–Crippen MR) is 159 cm³/mol. The van der Waals surface area contributed by atoms with Crippen molar-refractivity contribution < 1.29 is 33.9 Å². The third kappa shape index (κ3) is 5.02. The average molecular weight is 604 g/mol. The molecule has 11 heteroatoms. The molecule has 4 unspecified atom stereocenters. The molecule has 2 N–H and O–H groups in total. The lowest BCUT2D eigenvalue weighted by Crippen LogP contribution is -2.52. The van der Waals surface area contributed by atoms with Crippen LogP contribution in [0.3, 0.4) is 0 Å². The van der Waals surface area contributed by atoms with Gasteiger partial charge in [-0.15, -0.1) is 0 Å². The van der Waals surface area contributed by atoms with Gasteiger partial charge in [0.2, 0.25) is 11.4 Å². The monoisotopic (exact) mass is 603 g/mol. The van der Waals surface area contributed by atoms with Crippen molar-refractivity contribution in [2.75, 3.05) is 0 Å². The van der Waals surface area contributed by atoms with Crippen LogP contribution in [0.15, 0.2) is 58.8 Å². The Balaban J connectivity index is 1.23. The maximum atomic E-state index is 12.7. The second-order valence-electron chi connectivity index (χ2n) is 12.7. The highest BCUT2D eigenvalue weighted by atomic mass is 16.6. The lowest BCUT2D eigenvalue weighted by molar-refractivity contribution is -0.384. The van der Waals surface area contributed by atoms with Crippen LogP contribution in [0.5, 0.6) is 0 Å². The molecule has 3 aromatic rings. The molecule has 2 aromatic heterocycles. The van der Waals surface area contributed by atoms with Crippen molar-refractivity contribution in [3.05, 3.63) is 81.6 Å². The van der Waals surface area contributed by atoms with Gasteiger partial charge in [-0.25, -0.2) is 14.3 Å². The maximum Gasteiger partial charge on any atom is 0.375 e. The Bertz CT molecular complexity index is 1590. The number of ether oxygens (including phenoxy) is 1. The van der Waals surface area contributed by atoms with E-state index in [2.05, 4.69) is 18.1 Å². The summed E-state index contributed by atoms with van der Waals surface area (Å²) in [4.78, 5) is 35.9. The van der Waals surface area contributed by atoms with Crippen molar-refractivity contribution in [3.8, 4) is 5.69 Å². The Morgan fingerprint density at radius 1 is 1.23 bits per heavy atom. The van der Waals surface area contributed by atoms with E-state index in [9.17, 15) is 29.9 Å². The quantitative estimate of drug-likeness (QED) is 0.170. The third-order valence-electron chi connectivity index (χ3n) is 10.5. The van der Waals surface area contributed by atoms with E-state index in [1.54, 1.807) is 25.1 Å². The van der Waals surface area contributed by atoms with E-state index in [1.165, 1.54) is 30.0 Å². The zero-order chi connectivity index (χ0) is 31.2. The lowest BCUT2D eigenvalue weighted by Gasteiger charge is -2.56. The van der Waals surface area contributed by atoms with Crippen LogP contribution in [0.4, 0.5) is 5.69 Å². The van der Waals surface area contributed by atoms with Crippen LogP contribution in [0.2, 0.25) is 0 Å². The van der Waals surface area contributed by atoms with Crippen molar-refractivity contribution in [2.45, 2.75) is 76.9 Å². The highest BCUT2D eigenvalue weighted by Crippen LogP contribution is 2.59. The Labute approximate surface area is 254 Å². The summed E-state index contributed by atoms with van der Waals surface area (Å²) in [6, 6.07) is 9.36. The molecule has 3 aliphatic rings. The largest absolute Gasteiger partial charge is 0.478 e. The minimum atomic E-state index is -1.66. The van der Waals surface area contributed by atoms with Gasteiger partial charge in [0.05, 0.1) is 34.9 Å². The number of hydrogen-bond donors (Lipinski definition) is 2. The van der Waals surface area contributed by atoms with Crippen LogP contribution < -0.4 is 0 Å². The molecule has 0 spiro atoms. The smallest absolute Gasteiger partial charge is 0.375 e. The van der Waals surface area contributed by atoms with Crippen LogP contribution in [-0.4, -0.2) is 48.6 Å². The molecule has 2 saturated carbocycles. The summed E-state index contributed by atoms with van der Waals surface area (Å²) in [7, 11) is 0. The fraction of sp³-hybridized carbons (Fsp3) is 0.485. The second kappa shape index (κ2) is 11.4. The molecule has 232 valence electrons. The van der Waals surface area contributed by atoms with Crippen LogP contribution in [0.25, 0.3) is 11.8 Å². The minimum Gasteiger partial charge on any atom is -0.478 e. The topological polar surface area (TPSA) is 158 Å². The number of fused-ring (bicyclic) bond motifs is 4. The van der Waals surface area contributed by atoms with Crippen molar-refractivity contribution >= 4 is 23.7 Å². The van der Waals surface area contributed by atoms with Gasteiger partial charge in [0.15, 0.2) is 0 Å². The molecule has 0 saturated heterocycles.